The molecular weight excluding hydrogens is 266 g/mol. The Bertz CT molecular complexity index is 742. The first-order valence-electron chi connectivity index (χ1n) is 6.06. The Balaban J connectivity index is 2.27. The summed E-state index contributed by atoms with van der Waals surface area (Å²) in [5.41, 5.74) is 1.74. The highest BCUT2D eigenvalue weighted by Crippen LogP contribution is 2.23. The molecule has 2 rings (SSSR count). The van der Waals surface area contributed by atoms with Gasteiger partial charge in [0.15, 0.2) is 12.4 Å². The van der Waals surface area contributed by atoms with Crippen LogP contribution >= 0.6 is 0 Å². The van der Waals surface area contributed by atoms with Gasteiger partial charge >= 0.3 is 0 Å². The summed E-state index contributed by atoms with van der Waals surface area (Å²) in [5, 5.41) is 25.0. The molecule has 2 aromatic carbocycles. The molecule has 6 heteroatoms. The van der Waals surface area contributed by atoms with Gasteiger partial charge in [-0.15, -0.1) is 0 Å². The Kier molecular flexibility index (Phi) is 4.37. The summed E-state index contributed by atoms with van der Waals surface area (Å²) in [6, 6.07) is 13.5. The SMILES string of the molecule is N#CNc1ccccc1NC(=O)c1ccccc1NC#N. The van der Waals surface area contributed by atoms with E-state index in [1.165, 1.54) is 0 Å². The summed E-state index contributed by atoms with van der Waals surface area (Å²) in [6.45, 7) is 0. The molecule has 3 N–H and O–H groups in total. The van der Waals surface area contributed by atoms with Crippen molar-refractivity contribution in [2.45, 2.75) is 0 Å². The molecule has 0 aliphatic carbocycles. The lowest BCUT2D eigenvalue weighted by Crippen LogP contribution is -2.14. The van der Waals surface area contributed by atoms with Gasteiger partial charge in [-0.25, -0.2) is 0 Å². The van der Waals surface area contributed by atoms with Crippen LogP contribution in [0.4, 0.5) is 17.1 Å². The maximum Gasteiger partial charge on any atom is 0.257 e. The topological polar surface area (TPSA) is 101 Å². The van der Waals surface area contributed by atoms with Crippen LogP contribution < -0.4 is 16.0 Å². The summed E-state index contributed by atoms with van der Waals surface area (Å²) in [7, 11) is 0. The minimum absolute atomic E-state index is 0.339. The average Bonchev–Trinajstić information content (AvgIpc) is 2.50. The summed E-state index contributed by atoms with van der Waals surface area (Å²) in [5.74, 6) is -0.375. The monoisotopic (exact) mass is 277 g/mol. The number of nitrogens with zero attached hydrogens (tertiary/aromatic N) is 2. The molecule has 0 aliphatic heterocycles. The fourth-order valence-corrected chi connectivity index (χ4v) is 1.80. The minimum atomic E-state index is -0.375. The zero-order valence-electron chi connectivity index (χ0n) is 10.9. The van der Waals surface area contributed by atoms with E-state index in [9.17, 15) is 4.79 Å². The van der Waals surface area contributed by atoms with Gasteiger partial charge < -0.3 is 5.32 Å². The van der Waals surface area contributed by atoms with Crippen molar-refractivity contribution in [3.63, 3.8) is 0 Å². The predicted octanol–water partition coefficient (Wildman–Crippen LogP) is 2.72. The lowest BCUT2D eigenvalue weighted by atomic mass is 10.1. The second kappa shape index (κ2) is 6.60. The molecule has 2 aromatic rings. The van der Waals surface area contributed by atoms with Crippen LogP contribution in [0.15, 0.2) is 48.5 Å². The Morgan fingerprint density at radius 3 is 2.00 bits per heavy atom. The van der Waals surface area contributed by atoms with Gasteiger partial charge in [0.25, 0.3) is 5.91 Å². The standard InChI is InChI=1S/C15H11N5O/c16-9-18-12-6-2-1-5-11(12)15(21)20-14-8-4-3-7-13(14)19-10-17/h1-8,18-19H,(H,20,21). The Morgan fingerprint density at radius 2 is 1.33 bits per heavy atom. The van der Waals surface area contributed by atoms with Crippen LogP contribution in [-0.4, -0.2) is 5.91 Å². The number of hydrogen-bond donors (Lipinski definition) is 3. The molecular formula is C15H11N5O. The van der Waals surface area contributed by atoms with Crippen LogP contribution in [0.3, 0.4) is 0 Å². The van der Waals surface area contributed by atoms with Crippen LogP contribution in [0.1, 0.15) is 10.4 Å². The third-order valence-corrected chi connectivity index (χ3v) is 2.73. The van der Waals surface area contributed by atoms with Crippen molar-refractivity contribution in [1.82, 2.24) is 0 Å². The highest BCUT2D eigenvalue weighted by atomic mass is 16.1. The minimum Gasteiger partial charge on any atom is -0.320 e. The normalized spacial score (nSPS) is 9.05. The van der Waals surface area contributed by atoms with Crippen molar-refractivity contribution in [3.05, 3.63) is 54.1 Å². The van der Waals surface area contributed by atoms with E-state index in [1.54, 1.807) is 54.7 Å². The first-order chi connectivity index (χ1) is 10.3. The fraction of sp³-hybridized carbons (Fsp3) is 0. The zero-order valence-corrected chi connectivity index (χ0v) is 10.9. The Hall–Kier alpha value is -3.51. The van der Waals surface area contributed by atoms with Gasteiger partial charge in [0.05, 0.1) is 22.6 Å². The number of amides is 1. The number of anilines is 3. The van der Waals surface area contributed by atoms with Gasteiger partial charge in [-0.2, -0.15) is 10.5 Å². The van der Waals surface area contributed by atoms with Crippen molar-refractivity contribution in [1.29, 1.82) is 10.5 Å². The van der Waals surface area contributed by atoms with Crippen molar-refractivity contribution in [3.8, 4) is 12.4 Å². The molecule has 0 saturated heterocycles. The van der Waals surface area contributed by atoms with Crippen LogP contribution in [0.5, 0.6) is 0 Å². The number of nitrogens with one attached hydrogen (secondary N) is 3. The molecule has 6 nitrogen and oxygen atoms in total. The summed E-state index contributed by atoms with van der Waals surface area (Å²) in [4.78, 5) is 12.3. The smallest absolute Gasteiger partial charge is 0.257 e. The molecule has 0 aromatic heterocycles. The first kappa shape index (κ1) is 13.9. The van der Waals surface area contributed by atoms with E-state index in [4.69, 9.17) is 10.5 Å². The molecule has 21 heavy (non-hydrogen) atoms. The van der Waals surface area contributed by atoms with Crippen LogP contribution in [-0.2, 0) is 0 Å². The van der Waals surface area contributed by atoms with Gasteiger partial charge in [-0.3, -0.25) is 15.4 Å². The first-order valence-corrected chi connectivity index (χ1v) is 6.06. The van der Waals surface area contributed by atoms with Gasteiger partial charge in [0.2, 0.25) is 0 Å². The highest BCUT2D eigenvalue weighted by Gasteiger charge is 2.12. The molecule has 0 heterocycles. The highest BCUT2D eigenvalue weighted by molar-refractivity contribution is 6.09. The van der Waals surface area contributed by atoms with E-state index >= 15 is 0 Å². The van der Waals surface area contributed by atoms with Crippen LogP contribution in [0.25, 0.3) is 0 Å². The lowest BCUT2D eigenvalue weighted by molar-refractivity contribution is 0.102. The molecule has 0 bridgehead atoms. The van der Waals surface area contributed by atoms with E-state index in [1.807, 2.05) is 6.19 Å². The molecule has 102 valence electrons. The zero-order chi connectivity index (χ0) is 15.1. The van der Waals surface area contributed by atoms with Gasteiger partial charge in [0, 0.05) is 0 Å². The van der Waals surface area contributed by atoms with E-state index in [0.29, 0.717) is 22.6 Å². The third kappa shape index (κ3) is 3.28. The molecule has 1 amide bonds. The number of benzene rings is 2. The van der Waals surface area contributed by atoms with E-state index in [0.717, 1.165) is 0 Å². The average molecular weight is 277 g/mol. The lowest BCUT2D eigenvalue weighted by Gasteiger charge is -2.11. The third-order valence-electron chi connectivity index (χ3n) is 2.73. The van der Waals surface area contributed by atoms with Crippen molar-refractivity contribution in [2.75, 3.05) is 16.0 Å². The number of para-hydroxylation sites is 3. The van der Waals surface area contributed by atoms with Crippen molar-refractivity contribution >= 4 is 23.0 Å². The van der Waals surface area contributed by atoms with Gasteiger partial charge in [-0.1, -0.05) is 24.3 Å². The summed E-state index contributed by atoms with van der Waals surface area (Å²) < 4.78 is 0. The molecule has 0 saturated carbocycles. The number of nitriles is 2. The molecule has 0 fully saturated rings. The van der Waals surface area contributed by atoms with E-state index < -0.39 is 0 Å². The second-order valence-electron chi connectivity index (χ2n) is 4.02. The number of carbonyl (C=O) groups excluding carboxylic acids is 1. The number of rotatable bonds is 4. The maximum atomic E-state index is 12.3. The van der Waals surface area contributed by atoms with Gasteiger partial charge in [0.1, 0.15) is 0 Å². The quantitative estimate of drug-likeness (QED) is 0.589. The largest absolute Gasteiger partial charge is 0.320 e. The predicted molar refractivity (Wildman–Crippen MR) is 79.3 cm³/mol. The van der Waals surface area contributed by atoms with E-state index in [-0.39, 0.29) is 5.91 Å². The molecule has 0 spiro atoms. The number of hydrogen-bond acceptors (Lipinski definition) is 5. The maximum absolute atomic E-state index is 12.3. The molecule has 0 unspecified atom stereocenters. The number of carbonyl (C=O) groups is 1. The molecule has 0 aliphatic rings. The van der Waals surface area contributed by atoms with E-state index in [2.05, 4.69) is 16.0 Å². The van der Waals surface area contributed by atoms with Crippen LogP contribution in [0, 0.1) is 22.9 Å². The van der Waals surface area contributed by atoms with Gasteiger partial charge in [-0.05, 0) is 24.3 Å². The molecule has 0 atom stereocenters. The fourth-order valence-electron chi connectivity index (χ4n) is 1.80. The molecule has 0 radical (unpaired) electrons. The van der Waals surface area contributed by atoms with Crippen LogP contribution in [0.2, 0.25) is 0 Å². The van der Waals surface area contributed by atoms with Crippen molar-refractivity contribution < 1.29 is 4.79 Å². The Labute approximate surface area is 121 Å². The Morgan fingerprint density at radius 1 is 0.810 bits per heavy atom. The summed E-state index contributed by atoms with van der Waals surface area (Å²) >= 11 is 0. The second-order valence-corrected chi connectivity index (χ2v) is 4.02. The summed E-state index contributed by atoms with van der Waals surface area (Å²) in [6.07, 6.45) is 3.60. The van der Waals surface area contributed by atoms with Crippen molar-refractivity contribution in [2.24, 2.45) is 0 Å².